The van der Waals surface area contributed by atoms with Crippen molar-refractivity contribution in [1.82, 2.24) is 4.90 Å². The molecule has 0 amide bonds. The zero-order valence-corrected chi connectivity index (χ0v) is 10.1. The van der Waals surface area contributed by atoms with Crippen LogP contribution in [-0.2, 0) is 0 Å². The summed E-state index contributed by atoms with van der Waals surface area (Å²) in [6.45, 7) is 5.89. The average molecular weight is 210 g/mol. The molecule has 2 atom stereocenters. The molecule has 15 heavy (non-hydrogen) atoms. The molecule has 0 aromatic carbocycles. The molecule has 2 unspecified atom stereocenters. The van der Waals surface area contributed by atoms with E-state index in [0.717, 1.165) is 18.4 Å². The fourth-order valence-electron chi connectivity index (χ4n) is 3.22. The van der Waals surface area contributed by atoms with Crippen molar-refractivity contribution in [2.45, 2.75) is 51.5 Å². The second-order valence-electron chi connectivity index (χ2n) is 5.55. The third-order valence-electron chi connectivity index (χ3n) is 4.52. The van der Waals surface area contributed by atoms with E-state index < -0.39 is 0 Å². The van der Waals surface area contributed by atoms with Crippen LogP contribution in [0.15, 0.2) is 0 Å². The number of hydrogen-bond acceptors (Lipinski definition) is 2. The van der Waals surface area contributed by atoms with Crippen LogP contribution in [0.1, 0.15) is 45.4 Å². The van der Waals surface area contributed by atoms with Gasteiger partial charge in [-0.2, -0.15) is 0 Å². The second-order valence-corrected chi connectivity index (χ2v) is 5.55. The van der Waals surface area contributed by atoms with E-state index in [1.165, 1.54) is 51.6 Å². The maximum Gasteiger partial charge on any atom is 0.0230 e. The zero-order valence-electron chi connectivity index (χ0n) is 10.1. The van der Waals surface area contributed by atoms with E-state index in [4.69, 9.17) is 5.73 Å². The SMILES string of the molecule is CC(CN1CCC1CN)C1CCCCC1. The molecule has 0 aromatic rings. The van der Waals surface area contributed by atoms with E-state index in [1.54, 1.807) is 0 Å². The number of hydrogen-bond donors (Lipinski definition) is 1. The predicted molar refractivity (Wildman–Crippen MR) is 64.8 cm³/mol. The van der Waals surface area contributed by atoms with Gasteiger partial charge in [-0.05, 0) is 18.3 Å². The number of nitrogens with zero attached hydrogens (tertiary/aromatic N) is 1. The lowest BCUT2D eigenvalue weighted by molar-refractivity contribution is 0.0617. The van der Waals surface area contributed by atoms with Crippen molar-refractivity contribution in [2.75, 3.05) is 19.6 Å². The van der Waals surface area contributed by atoms with E-state index in [1.807, 2.05) is 0 Å². The van der Waals surface area contributed by atoms with Crippen LogP contribution in [0.2, 0.25) is 0 Å². The van der Waals surface area contributed by atoms with Gasteiger partial charge in [0, 0.05) is 25.7 Å². The normalized spacial score (nSPS) is 31.2. The van der Waals surface area contributed by atoms with Gasteiger partial charge in [0.1, 0.15) is 0 Å². The van der Waals surface area contributed by atoms with Crippen LogP contribution >= 0.6 is 0 Å². The van der Waals surface area contributed by atoms with Gasteiger partial charge in [0.15, 0.2) is 0 Å². The molecule has 88 valence electrons. The van der Waals surface area contributed by atoms with Crippen molar-refractivity contribution < 1.29 is 0 Å². The highest BCUT2D eigenvalue weighted by Gasteiger charge is 2.30. The van der Waals surface area contributed by atoms with Crippen molar-refractivity contribution in [3.05, 3.63) is 0 Å². The largest absolute Gasteiger partial charge is 0.329 e. The maximum atomic E-state index is 5.74. The lowest BCUT2D eigenvalue weighted by atomic mass is 9.80. The first-order valence-corrected chi connectivity index (χ1v) is 6.75. The highest BCUT2D eigenvalue weighted by Crippen LogP contribution is 2.31. The van der Waals surface area contributed by atoms with Gasteiger partial charge in [-0.15, -0.1) is 0 Å². The summed E-state index contributed by atoms with van der Waals surface area (Å²) in [6, 6.07) is 0.705. The summed E-state index contributed by atoms with van der Waals surface area (Å²) in [5, 5.41) is 0. The molecule has 0 aromatic heterocycles. The minimum Gasteiger partial charge on any atom is -0.329 e. The van der Waals surface area contributed by atoms with Gasteiger partial charge in [0.05, 0.1) is 0 Å². The summed E-state index contributed by atoms with van der Waals surface area (Å²) in [5.74, 6) is 1.89. The zero-order chi connectivity index (χ0) is 10.7. The first-order valence-electron chi connectivity index (χ1n) is 6.75. The summed E-state index contributed by atoms with van der Waals surface area (Å²) < 4.78 is 0. The van der Waals surface area contributed by atoms with Crippen LogP contribution in [0.5, 0.6) is 0 Å². The fraction of sp³-hybridized carbons (Fsp3) is 1.00. The first kappa shape index (κ1) is 11.4. The van der Waals surface area contributed by atoms with Gasteiger partial charge in [-0.3, -0.25) is 4.90 Å². The minimum absolute atomic E-state index is 0.705. The Morgan fingerprint density at radius 3 is 2.47 bits per heavy atom. The molecule has 1 aliphatic carbocycles. The van der Waals surface area contributed by atoms with E-state index in [9.17, 15) is 0 Å². The topological polar surface area (TPSA) is 29.3 Å². The highest BCUT2D eigenvalue weighted by molar-refractivity contribution is 4.85. The van der Waals surface area contributed by atoms with Crippen LogP contribution in [0.25, 0.3) is 0 Å². The average Bonchev–Trinajstić information content (AvgIpc) is 2.26. The number of likely N-dealkylation sites (tertiary alicyclic amines) is 1. The van der Waals surface area contributed by atoms with Crippen molar-refractivity contribution in [3.63, 3.8) is 0 Å². The summed E-state index contributed by atoms with van der Waals surface area (Å²) in [7, 11) is 0. The monoisotopic (exact) mass is 210 g/mol. The molecule has 1 aliphatic heterocycles. The summed E-state index contributed by atoms with van der Waals surface area (Å²) in [5.41, 5.74) is 5.74. The third-order valence-corrected chi connectivity index (χ3v) is 4.52. The summed E-state index contributed by atoms with van der Waals surface area (Å²) in [6.07, 6.45) is 8.68. The molecule has 2 heteroatoms. The van der Waals surface area contributed by atoms with Crippen molar-refractivity contribution in [3.8, 4) is 0 Å². The fourth-order valence-corrected chi connectivity index (χ4v) is 3.22. The molecule has 2 N–H and O–H groups in total. The third kappa shape index (κ3) is 2.73. The Morgan fingerprint density at radius 2 is 1.93 bits per heavy atom. The number of nitrogens with two attached hydrogens (primary N) is 1. The molecule has 2 rings (SSSR count). The van der Waals surface area contributed by atoms with E-state index in [2.05, 4.69) is 11.8 Å². The van der Waals surface area contributed by atoms with Crippen molar-refractivity contribution in [2.24, 2.45) is 17.6 Å². The maximum absolute atomic E-state index is 5.74. The minimum atomic E-state index is 0.705. The molecule has 0 radical (unpaired) electrons. The highest BCUT2D eigenvalue weighted by atomic mass is 15.2. The van der Waals surface area contributed by atoms with Crippen LogP contribution in [0.4, 0.5) is 0 Å². The van der Waals surface area contributed by atoms with Crippen LogP contribution in [0.3, 0.4) is 0 Å². The van der Waals surface area contributed by atoms with E-state index in [0.29, 0.717) is 6.04 Å². The molecule has 0 bridgehead atoms. The first-order chi connectivity index (χ1) is 7.31. The van der Waals surface area contributed by atoms with Gasteiger partial charge in [-0.1, -0.05) is 39.0 Å². The molecule has 1 heterocycles. The van der Waals surface area contributed by atoms with Gasteiger partial charge in [0.25, 0.3) is 0 Å². The van der Waals surface area contributed by atoms with Gasteiger partial charge in [-0.25, -0.2) is 0 Å². The van der Waals surface area contributed by atoms with Crippen LogP contribution in [-0.4, -0.2) is 30.6 Å². The Kier molecular flexibility index (Phi) is 4.04. The van der Waals surface area contributed by atoms with Gasteiger partial charge >= 0.3 is 0 Å². The second kappa shape index (κ2) is 5.31. The molecular weight excluding hydrogens is 184 g/mol. The quantitative estimate of drug-likeness (QED) is 0.771. The Balaban J connectivity index is 1.73. The summed E-state index contributed by atoms with van der Waals surface area (Å²) in [4.78, 5) is 2.60. The Bertz CT molecular complexity index is 185. The molecule has 1 saturated heterocycles. The standard InChI is InChI=1S/C13H26N2/c1-11(12-5-3-2-4-6-12)10-15-8-7-13(15)9-14/h11-13H,2-10,14H2,1H3. The van der Waals surface area contributed by atoms with E-state index in [-0.39, 0.29) is 0 Å². The molecule has 2 nitrogen and oxygen atoms in total. The lowest BCUT2D eigenvalue weighted by Crippen LogP contribution is -2.53. The number of rotatable bonds is 4. The smallest absolute Gasteiger partial charge is 0.0230 e. The van der Waals surface area contributed by atoms with E-state index >= 15 is 0 Å². The Hall–Kier alpha value is -0.0800. The van der Waals surface area contributed by atoms with Crippen LogP contribution < -0.4 is 5.73 Å². The lowest BCUT2D eigenvalue weighted by Gasteiger charge is -2.43. The molecule has 0 spiro atoms. The molecular formula is C13H26N2. The predicted octanol–water partition coefficient (Wildman–Crippen LogP) is 2.24. The van der Waals surface area contributed by atoms with Crippen molar-refractivity contribution >= 4 is 0 Å². The van der Waals surface area contributed by atoms with Gasteiger partial charge < -0.3 is 5.73 Å². The molecule has 2 fully saturated rings. The van der Waals surface area contributed by atoms with Crippen LogP contribution in [0, 0.1) is 11.8 Å². The summed E-state index contributed by atoms with van der Waals surface area (Å²) >= 11 is 0. The molecule has 1 saturated carbocycles. The Morgan fingerprint density at radius 1 is 1.20 bits per heavy atom. The molecule has 2 aliphatic rings. The van der Waals surface area contributed by atoms with Gasteiger partial charge in [0.2, 0.25) is 0 Å². The van der Waals surface area contributed by atoms with Crippen molar-refractivity contribution in [1.29, 1.82) is 0 Å². The Labute approximate surface area is 94.2 Å².